The molecule has 1 fully saturated rings. The number of nitrogens with zero attached hydrogens (tertiary/aromatic N) is 1. The third kappa shape index (κ3) is 0.846. The van der Waals surface area contributed by atoms with E-state index in [1.165, 1.54) is 12.8 Å². The van der Waals surface area contributed by atoms with E-state index in [1.54, 1.807) is 0 Å². The van der Waals surface area contributed by atoms with Gasteiger partial charge >= 0.3 is 0 Å². The molecule has 0 unspecified atom stereocenters. The number of rotatable bonds is 1. The van der Waals surface area contributed by atoms with E-state index < -0.39 is 0 Å². The van der Waals surface area contributed by atoms with Crippen LogP contribution < -0.4 is 0 Å². The van der Waals surface area contributed by atoms with E-state index in [9.17, 15) is 0 Å². The smallest absolute Gasteiger partial charge is 0.140 e. The third-order valence-corrected chi connectivity index (χ3v) is 1.63. The Morgan fingerprint density at radius 2 is 2.44 bits per heavy atom. The molecule has 1 heterocycles. The Morgan fingerprint density at radius 3 is 2.89 bits per heavy atom. The molecule has 2 rings (SSSR count). The first-order valence-corrected chi connectivity index (χ1v) is 3.29. The van der Waals surface area contributed by atoms with E-state index in [4.69, 9.17) is 4.52 Å². The van der Waals surface area contributed by atoms with Crippen molar-refractivity contribution in [3.63, 3.8) is 0 Å². The van der Waals surface area contributed by atoms with Gasteiger partial charge in [-0.25, -0.2) is 0 Å². The van der Waals surface area contributed by atoms with Crippen LogP contribution in [-0.4, -0.2) is 5.16 Å². The van der Waals surface area contributed by atoms with Crippen molar-refractivity contribution in [2.24, 2.45) is 0 Å². The fraction of sp³-hybridized carbons (Fsp3) is 0.571. The van der Waals surface area contributed by atoms with Crippen molar-refractivity contribution in [1.82, 2.24) is 5.16 Å². The lowest BCUT2D eigenvalue weighted by molar-refractivity contribution is 0.380. The summed E-state index contributed by atoms with van der Waals surface area (Å²) in [6.45, 7) is 1.95. The minimum absolute atomic E-state index is 0.700. The average Bonchev–Trinajstić information content (AvgIpc) is 2.58. The zero-order valence-electron chi connectivity index (χ0n) is 5.42. The second-order valence-corrected chi connectivity index (χ2v) is 2.64. The van der Waals surface area contributed by atoms with Crippen LogP contribution in [0.4, 0.5) is 0 Å². The molecule has 0 aliphatic heterocycles. The molecule has 0 bridgehead atoms. The number of aryl methyl sites for hydroxylation is 1. The van der Waals surface area contributed by atoms with Gasteiger partial charge in [0.15, 0.2) is 0 Å². The van der Waals surface area contributed by atoms with Crippen molar-refractivity contribution in [3.05, 3.63) is 17.5 Å². The van der Waals surface area contributed by atoms with Crippen molar-refractivity contribution in [2.75, 3.05) is 0 Å². The number of hydrogen-bond acceptors (Lipinski definition) is 2. The Hall–Kier alpha value is -0.790. The van der Waals surface area contributed by atoms with E-state index in [1.807, 2.05) is 13.0 Å². The van der Waals surface area contributed by atoms with Gasteiger partial charge in [-0.3, -0.25) is 0 Å². The van der Waals surface area contributed by atoms with Gasteiger partial charge in [-0.1, -0.05) is 5.16 Å². The maximum absolute atomic E-state index is 5.04. The van der Waals surface area contributed by atoms with Crippen molar-refractivity contribution < 1.29 is 4.52 Å². The van der Waals surface area contributed by atoms with Crippen molar-refractivity contribution in [1.29, 1.82) is 0 Å². The topological polar surface area (TPSA) is 26.0 Å². The first kappa shape index (κ1) is 5.03. The second kappa shape index (κ2) is 1.59. The van der Waals surface area contributed by atoms with Gasteiger partial charge in [-0.2, -0.15) is 0 Å². The van der Waals surface area contributed by atoms with Crippen molar-refractivity contribution >= 4 is 0 Å². The van der Waals surface area contributed by atoms with Gasteiger partial charge in [0.2, 0.25) is 0 Å². The molecule has 1 aromatic rings. The minimum Gasteiger partial charge on any atom is -0.361 e. The van der Waals surface area contributed by atoms with Gasteiger partial charge in [0.1, 0.15) is 5.76 Å². The summed E-state index contributed by atoms with van der Waals surface area (Å²) < 4.78 is 5.04. The number of hydrogen-bond donors (Lipinski definition) is 0. The third-order valence-electron chi connectivity index (χ3n) is 1.63. The van der Waals surface area contributed by atoms with Crippen LogP contribution >= 0.6 is 0 Å². The Kier molecular flexibility index (Phi) is 0.891. The van der Waals surface area contributed by atoms with Gasteiger partial charge in [0.25, 0.3) is 0 Å². The van der Waals surface area contributed by atoms with E-state index >= 15 is 0 Å². The van der Waals surface area contributed by atoms with E-state index in [2.05, 4.69) is 5.16 Å². The summed E-state index contributed by atoms with van der Waals surface area (Å²) in [5.41, 5.74) is 0.997. The molecule has 0 aromatic carbocycles. The molecule has 2 nitrogen and oxygen atoms in total. The van der Waals surface area contributed by atoms with E-state index in [0.717, 1.165) is 11.5 Å². The summed E-state index contributed by atoms with van der Waals surface area (Å²) in [5, 5.41) is 3.80. The summed E-state index contributed by atoms with van der Waals surface area (Å²) in [7, 11) is 0. The van der Waals surface area contributed by atoms with Crippen LogP contribution in [0.25, 0.3) is 0 Å². The van der Waals surface area contributed by atoms with Gasteiger partial charge < -0.3 is 4.52 Å². The zero-order chi connectivity index (χ0) is 6.27. The summed E-state index contributed by atoms with van der Waals surface area (Å²) in [6, 6.07) is 2.03. The average molecular weight is 123 g/mol. The largest absolute Gasteiger partial charge is 0.361 e. The van der Waals surface area contributed by atoms with Crippen LogP contribution in [0.2, 0.25) is 0 Å². The van der Waals surface area contributed by atoms with E-state index in [0.29, 0.717) is 5.92 Å². The highest BCUT2D eigenvalue weighted by Gasteiger charge is 2.27. The fourth-order valence-corrected chi connectivity index (χ4v) is 0.944. The predicted octanol–water partition coefficient (Wildman–Crippen LogP) is 1.86. The Balaban J connectivity index is 2.28. The van der Waals surface area contributed by atoms with Gasteiger partial charge in [0.05, 0.1) is 5.69 Å². The normalized spacial score (nSPS) is 18.3. The van der Waals surface area contributed by atoms with E-state index in [-0.39, 0.29) is 0 Å². The SMILES string of the molecule is Cc1cc(C2CC2)on1. The Bertz CT molecular complexity index is 212. The van der Waals surface area contributed by atoms with Crippen LogP contribution in [0.1, 0.15) is 30.2 Å². The highest BCUT2D eigenvalue weighted by atomic mass is 16.5. The molecule has 9 heavy (non-hydrogen) atoms. The summed E-state index contributed by atoms with van der Waals surface area (Å²) >= 11 is 0. The lowest BCUT2D eigenvalue weighted by Crippen LogP contribution is -1.67. The molecule has 48 valence electrons. The van der Waals surface area contributed by atoms with Gasteiger partial charge in [-0.15, -0.1) is 0 Å². The van der Waals surface area contributed by atoms with Crippen LogP contribution in [0.5, 0.6) is 0 Å². The lowest BCUT2D eigenvalue weighted by atomic mass is 10.3. The van der Waals surface area contributed by atoms with Crippen LogP contribution in [-0.2, 0) is 0 Å². The first-order chi connectivity index (χ1) is 4.36. The molecule has 1 saturated carbocycles. The maximum Gasteiger partial charge on any atom is 0.140 e. The minimum atomic E-state index is 0.700. The molecule has 0 radical (unpaired) electrons. The van der Waals surface area contributed by atoms with Gasteiger partial charge in [0, 0.05) is 12.0 Å². The standard InChI is InChI=1S/C7H9NO/c1-5-4-7(9-8-5)6-2-3-6/h4,6H,2-3H2,1H3. The lowest BCUT2D eigenvalue weighted by Gasteiger charge is -1.80. The zero-order valence-corrected chi connectivity index (χ0v) is 5.42. The predicted molar refractivity (Wildman–Crippen MR) is 33.2 cm³/mol. The van der Waals surface area contributed by atoms with Crippen molar-refractivity contribution in [3.8, 4) is 0 Å². The van der Waals surface area contributed by atoms with Crippen LogP contribution in [0.15, 0.2) is 10.6 Å². The summed E-state index contributed by atoms with van der Waals surface area (Å²) in [6.07, 6.45) is 2.57. The molecule has 0 saturated heterocycles. The Morgan fingerprint density at radius 1 is 1.67 bits per heavy atom. The van der Waals surface area contributed by atoms with Gasteiger partial charge in [-0.05, 0) is 19.8 Å². The molecular weight excluding hydrogens is 114 g/mol. The molecule has 1 aliphatic carbocycles. The highest BCUT2D eigenvalue weighted by molar-refractivity contribution is 5.13. The second-order valence-electron chi connectivity index (χ2n) is 2.64. The monoisotopic (exact) mass is 123 g/mol. The Labute approximate surface area is 53.9 Å². The molecule has 0 N–H and O–H groups in total. The molecule has 2 heteroatoms. The molecule has 0 amide bonds. The maximum atomic E-state index is 5.04. The first-order valence-electron chi connectivity index (χ1n) is 3.29. The molecule has 1 aliphatic rings. The van der Waals surface area contributed by atoms with Crippen LogP contribution in [0.3, 0.4) is 0 Å². The molecule has 0 spiro atoms. The summed E-state index contributed by atoms with van der Waals surface area (Å²) in [5.74, 6) is 1.78. The summed E-state index contributed by atoms with van der Waals surface area (Å²) in [4.78, 5) is 0. The van der Waals surface area contributed by atoms with Crippen molar-refractivity contribution in [2.45, 2.75) is 25.7 Å². The van der Waals surface area contributed by atoms with Crippen LogP contribution in [0, 0.1) is 6.92 Å². The molecule has 1 aromatic heterocycles. The quantitative estimate of drug-likeness (QED) is 0.569. The molecule has 0 atom stereocenters. The molecular formula is C7H9NO. The highest BCUT2D eigenvalue weighted by Crippen LogP contribution is 2.39. The number of aromatic nitrogens is 1. The fourth-order valence-electron chi connectivity index (χ4n) is 0.944.